The van der Waals surface area contributed by atoms with E-state index in [-0.39, 0.29) is 18.5 Å². The van der Waals surface area contributed by atoms with Crippen LogP contribution >= 0.6 is 0 Å². The quantitative estimate of drug-likeness (QED) is 0.0195. The SMILES string of the molecule is CCCCCCCCC/C=C\CCCCCCCCCC(=O)OCCCCCCCCCC/C=C\CCCCCCCCCC(=O)NC(COC1OC(CO)C(O)C(O)C1O)C(O)/C=C/CCCCCCCCC. The van der Waals surface area contributed by atoms with Gasteiger partial charge in [0.1, 0.15) is 24.4 Å². The predicted molar refractivity (Wildman–Crippen MR) is 306 cm³/mol. The van der Waals surface area contributed by atoms with Crippen molar-refractivity contribution >= 4 is 11.9 Å². The Labute approximate surface area is 453 Å². The van der Waals surface area contributed by atoms with Crippen molar-refractivity contribution < 1.29 is 49.3 Å². The molecule has 1 saturated heterocycles. The molecule has 0 bridgehead atoms. The monoisotopic (exact) mass is 1050 g/mol. The van der Waals surface area contributed by atoms with Crippen LogP contribution in [0.1, 0.15) is 290 Å². The Balaban J connectivity index is 2.00. The van der Waals surface area contributed by atoms with Gasteiger partial charge in [0, 0.05) is 12.8 Å². The molecule has 1 amide bonds. The summed E-state index contributed by atoms with van der Waals surface area (Å²) in [5, 5.41) is 54.2. The van der Waals surface area contributed by atoms with Gasteiger partial charge in [-0.3, -0.25) is 9.59 Å². The van der Waals surface area contributed by atoms with E-state index in [4.69, 9.17) is 14.2 Å². The number of hydrogen-bond acceptors (Lipinski definition) is 10. The van der Waals surface area contributed by atoms with E-state index >= 15 is 0 Å². The maximum absolute atomic E-state index is 13.0. The van der Waals surface area contributed by atoms with Crippen LogP contribution < -0.4 is 5.32 Å². The lowest BCUT2D eigenvalue weighted by atomic mass is 9.99. The zero-order chi connectivity index (χ0) is 53.8. The molecule has 7 atom stereocenters. The summed E-state index contributed by atoms with van der Waals surface area (Å²) in [5.74, 6) is -0.208. The van der Waals surface area contributed by atoms with Crippen LogP contribution in [0, 0.1) is 0 Å². The number of esters is 1. The molecule has 1 aliphatic rings. The molecule has 0 aromatic carbocycles. The first-order valence-electron chi connectivity index (χ1n) is 31.3. The van der Waals surface area contributed by atoms with Crippen molar-refractivity contribution in [3.8, 4) is 0 Å². The van der Waals surface area contributed by atoms with E-state index in [1.807, 2.05) is 6.08 Å². The van der Waals surface area contributed by atoms with Crippen LogP contribution in [0.25, 0.3) is 0 Å². The normalized spacial score (nSPS) is 19.0. The number of aliphatic hydroxyl groups excluding tert-OH is 5. The molecule has 1 rings (SSSR count). The standard InChI is InChI=1S/C63H117NO10/c1-3-5-7-9-11-13-14-15-16-17-22-25-28-31-35-39-43-47-51-59(68)72-52-48-44-40-36-32-29-26-23-20-18-19-21-24-27-30-34-38-42-46-50-58(67)64-55(56(66)49-45-41-37-33-12-10-8-6-4-2)54-73-63-62(71)61(70)60(69)57(53-65)74-63/h16-19,45,49,55-57,60-63,65-66,69-71H,3-15,20-44,46-48,50-54H2,1-2H3,(H,64,67)/b17-16-,19-18-,49-45+. The third kappa shape index (κ3) is 42.0. The van der Waals surface area contributed by atoms with Crippen molar-refractivity contribution in [3.63, 3.8) is 0 Å². The Hall–Kier alpha value is -2.12. The van der Waals surface area contributed by atoms with Crippen LogP contribution in [0.2, 0.25) is 0 Å². The Morgan fingerprint density at radius 2 is 0.865 bits per heavy atom. The first-order chi connectivity index (χ1) is 36.2. The molecule has 434 valence electrons. The first kappa shape index (κ1) is 69.9. The number of unbranched alkanes of at least 4 members (excludes halogenated alkanes) is 36. The largest absolute Gasteiger partial charge is 0.466 e. The van der Waals surface area contributed by atoms with Crippen LogP contribution in [0.15, 0.2) is 36.5 Å². The van der Waals surface area contributed by atoms with Gasteiger partial charge in [-0.2, -0.15) is 0 Å². The number of carbonyl (C=O) groups excluding carboxylic acids is 2. The fourth-order valence-corrected chi connectivity index (χ4v) is 9.72. The molecule has 11 nitrogen and oxygen atoms in total. The third-order valence-corrected chi connectivity index (χ3v) is 14.7. The number of amides is 1. The second-order valence-electron chi connectivity index (χ2n) is 21.8. The number of nitrogens with one attached hydrogen (secondary N) is 1. The number of aliphatic hydroxyl groups is 5. The Bertz CT molecular complexity index is 1320. The van der Waals surface area contributed by atoms with Crippen molar-refractivity contribution in [2.75, 3.05) is 19.8 Å². The van der Waals surface area contributed by atoms with E-state index in [9.17, 15) is 35.1 Å². The number of ether oxygens (including phenoxy) is 3. The fraction of sp³-hybridized carbons (Fsp3) is 0.873. The van der Waals surface area contributed by atoms with Crippen LogP contribution in [-0.2, 0) is 23.8 Å². The summed E-state index contributed by atoms with van der Waals surface area (Å²) in [6.45, 7) is 4.30. The summed E-state index contributed by atoms with van der Waals surface area (Å²) in [6, 6.07) is -0.816. The van der Waals surface area contributed by atoms with Crippen LogP contribution in [0.5, 0.6) is 0 Å². The minimum absolute atomic E-state index is 0.0140. The van der Waals surface area contributed by atoms with Gasteiger partial charge in [0.25, 0.3) is 0 Å². The highest BCUT2D eigenvalue weighted by molar-refractivity contribution is 5.76. The second kappa shape index (κ2) is 52.9. The number of allylic oxidation sites excluding steroid dienone is 5. The van der Waals surface area contributed by atoms with E-state index in [2.05, 4.69) is 43.5 Å². The molecular weight excluding hydrogens is 931 g/mol. The highest BCUT2D eigenvalue weighted by Gasteiger charge is 2.44. The van der Waals surface area contributed by atoms with Crippen molar-refractivity contribution in [1.82, 2.24) is 5.32 Å². The lowest BCUT2D eigenvalue weighted by Gasteiger charge is -2.40. The lowest BCUT2D eigenvalue weighted by Crippen LogP contribution is -2.60. The molecule has 0 saturated carbocycles. The average Bonchev–Trinajstić information content (AvgIpc) is 3.40. The molecule has 74 heavy (non-hydrogen) atoms. The summed E-state index contributed by atoms with van der Waals surface area (Å²) in [7, 11) is 0. The topological polar surface area (TPSA) is 175 Å². The lowest BCUT2D eigenvalue weighted by molar-refractivity contribution is -0.302. The van der Waals surface area contributed by atoms with Gasteiger partial charge in [0.2, 0.25) is 5.91 Å². The molecular formula is C63H117NO10. The van der Waals surface area contributed by atoms with Gasteiger partial charge in [-0.25, -0.2) is 0 Å². The summed E-state index contributed by atoms with van der Waals surface area (Å²) < 4.78 is 16.7. The number of carbonyl (C=O) groups is 2. The predicted octanol–water partition coefficient (Wildman–Crippen LogP) is 14.7. The van der Waals surface area contributed by atoms with Crippen LogP contribution in [-0.4, -0.2) is 100 Å². The van der Waals surface area contributed by atoms with Crippen molar-refractivity contribution in [3.05, 3.63) is 36.5 Å². The third-order valence-electron chi connectivity index (χ3n) is 14.7. The highest BCUT2D eigenvalue weighted by Crippen LogP contribution is 2.23. The average molecular weight is 1050 g/mol. The Morgan fingerprint density at radius 1 is 0.486 bits per heavy atom. The van der Waals surface area contributed by atoms with Gasteiger partial charge >= 0.3 is 5.97 Å². The van der Waals surface area contributed by atoms with Gasteiger partial charge < -0.3 is 45.1 Å². The van der Waals surface area contributed by atoms with Gasteiger partial charge in [-0.1, -0.05) is 230 Å². The summed E-state index contributed by atoms with van der Waals surface area (Å²) in [4.78, 5) is 25.1. The van der Waals surface area contributed by atoms with Gasteiger partial charge in [0.15, 0.2) is 6.29 Å². The summed E-state index contributed by atoms with van der Waals surface area (Å²) in [5.41, 5.74) is 0. The van der Waals surface area contributed by atoms with E-state index in [0.29, 0.717) is 19.4 Å². The summed E-state index contributed by atoms with van der Waals surface area (Å²) in [6.07, 6.45) is 55.4. The number of hydrogen-bond donors (Lipinski definition) is 6. The molecule has 1 heterocycles. The molecule has 0 spiro atoms. The molecule has 6 N–H and O–H groups in total. The van der Waals surface area contributed by atoms with Crippen LogP contribution in [0.4, 0.5) is 0 Å². The zero-order valence-corrected chi connectivity index (χ0v) is 47.8. The van der Waals surface area contributed by atoms with Crippen molar-refractivity contribution in [2.24, 2.45) is 0 Å². The van der Waals surface area contributed by atoms with E-state index < -0.39 is 49.5 Å². The van der Waals surface area contributed by atoms with Crippen LogP contribution in [0.3, 0.4) is 0 Å². The van der Waals surface area contributed by atoms with Gasteiger partial charge in [-0.05, 0) is 83.5 Å². The molecule has 11 heteroatoms. The molecule has 7 unspecified atom stereocenters. The second-order valence-corrected chi connectivity index (χ2v) is 21.8. The fourth-order valence-electron chi connectivity index (χ4n) is 9.72. The molecule has 0 aromatic rings. The zero-order valence-electron chi connectivity index (χ0n) is 47.8. The molecule has 0 aliphatic carbocycles. The van der Waals surface area contributed by atoms with E-state index in [0.717, 1.165) is 83.5 Å². The Morgan fingerprint density at radius 3 is 1.30 bits per heavy atom. The van der Waals surface area contributed by atoms with Gasteiger partial charge in [-0.15, -0.1) is 0 Å². The maximum atomic E-state index is 13.0. The number of rotatable bonds is 54. The molecule has 1 fully saturated rings. The van der Waals surface area contributed by atoms with Crippen molar-refractivity contribution in [2.45, 2.75) is 333 Å². The highest BCUT2D eigenvalue weighted by atomic mass is 16.7. The maximum Gasteiger partial charge on any atom is 0.305 e. The molecule has 1 aliphatic heterocycles. The van der Waals surface area contributed by atoms with Crippen molar-refractivity contribution in [1.29, 1.82) is 0 Å². The first-order valence-corrected chi connectivity index (χ1v) is 31.3. The minimum Gasteiger partial charge on any atom is -0.466 e. The summed E-state index contributed by atoms with van der Waals surface area (Å²) >= 11 is 0. The smallest absolute Gasteiger partial charge is 0.305 e. The minimum atomic E-state index is -1.57. The van der Waals surface area contributed by atoms with Gasteiger partial charge in [0.05, 0.1) is 32.0 Å². The van der Waals surface area contributed by atoms with E-state index in [1.54, 1.807) is 6.08 Å². The van der Waals surface area contributed by atoms with E-state index in [1.165, 1.54) is 180 Å². The molecule has 0 radical (unpaired) electrons. The Kier molecular flexibility index (Phi) is 50.0. The molecule has 0 aromatic heterocycles.